The number of hydrogen-bond acceptors (Lipinski definition) is 1. The molecule has 0 heterocycles. The van der Waals surface area contributed by atoms with Gasteiger partial charge in [0.25, 0.3) is 0 Å². The third-order valence-electron chi connectivity index (χ3n) is 3.15. The number of benzene rings is 2. The zero-order valence-corrected chi connectivity index (χ0v) is 11.3. The van der Waals surface area contributed by atoms with E-state index in [1.807, 2.05) is 26.0 Å². The molecule has 1 atom stereocenters. The van der Waals surface area contributed by atoms with E-state index in [1.165, 1.54) is 18.2 Å². The summed E-state index contributed by atoms with van der Waals surface area (Å²) < 4.78 is 27.5. The minimum absolute atomic E-state index is 0.277. The molecule has 100 valence electrons. The predicted octanol–water partition coefficient (Wildman–Crippen LogP) is 3.89. The second-order valence-corrected chi connectivity index (χ2v) is 4.81. The Kier molecular flexibility index (Phi) is 3.96. The van der Waals surface area contributed by atoms with Gasteiger partial charge in [-0.25, -0.2) is 8.78 Å². The molecule has 3 heteroatoms. The number of nitrogens with one attached hydrogen (secondary N) is 1. The zero-order valence-electron chi connectivity index (χ0n) is 11.3. The normalized spacial score (nSPS) is 12.5. The molecule has 1 unspecified atom stereocenters. The number of halogens is 2. The molecule has 1 N–H and O–H groups in total. The summed E-state index contributed by atoms with van der Waals surface area (Å²) >= 11 is 0. The van der Waals surface area contributed by atoms with E-state index in [0.29, 0.717) is 5.56 Å². The summed E-state index contributed by atoms with van der Waals surface area (Å²) in [6.45, 7) is 3.67. The van der Waals surface area contributed by atoms with Crippen molar-refractivity contribution in [3.63, 3.8) is 0 Å². The van der Waals surface area contributed by atoms with Crippen LogP contribution in [0.4, 0.5) is 8.78 Å². The van der Waals surface area contributed by atoms with Crippen LogP contribution in [0.25, 0.3) is 0 Å². The molecule has 0 bridgehead atoms. The Hall–Kier alpha value is -1.74. The standard InChI is InChI=1S/C16H17F2N/c1-10-4-5-14(15(18)8-10)16(19-3)12-6-11(2)7-13(17)9-12/h4-9,16,19H,1-3H3. The van der Waals surface area contributed by atoms with E-state index in [1.54, 1.807) is 13.1 Å². The van der Waals surface area contributed by atoms with Gasteiger partial charge in [0.05, 0.1) is 6.04 Å². The Morgan fingerprint density at radius 2 is 1.68 bits per heavy atom. The summed E-state index contributed by atoms with van der Waals surface area (Å²) in [5.41, 5.74) is 2.94. The van der Waals surface area contributed by atoms with Crippen molar-refractivity contribution in [3.8, 4) is 0 Å². The topological polar surface area (TPSA) is 12.0 Å². The summed E-state index contributed by atoms with van der Waals surface area (Å²) in [5.74, 6) is -0.580. The lowest BCUT2D eigenvalue weighted by molar-refractivity contribution is 0.570. The first-order valence-electron chi connectivity index (χ1n) is 6.21. The molecule has 0 aliphatic carbocycles. The van der Waals surface area contributed by atoms with Crippen LogP contribution in [0.3, 0.4) is 0 Å². The fraction of sp³-hybridized carbons (Fsp3) is 0.250. The average Bonchev–Trinajstić information content (AvgIpc) is 2.31. The Labute approximate surface area is 112 Å². The zero-order chi connectivity index (χ0) is 14.0. The van der Waals surface area contributed by atoms with E-state index in [9.17, 15) is 8.78 Å². The lowest BCUT2D eigenvalue weighted by Gasteiger charge is -2.19. The van der Waals surface area contributed by atoms with Crippen LogP contribution in [-0.4, -0.2) is 7.05 Å². The molecule has 0 fully saturated rings. The first-order valence-corrected chi connectivity index (χ1v) is 6.21. The van der Waals surface area contributed by atoms with E-state index in [2.05, 4.69) is 5.32 Å². The van der Waals surface area contributed by atoms with Crippen LogP contribution in [0.2, 0.25) is 0 Å². The minimum Gasteiger partial charge on any atom is -0.309 e. The van der Waals surface area contributed by atoms with E-state index in [4.69, 9.17) is 0 Å². The summed E-state index contributed by atoms with van der Waals surface area (Å²) in [5, 5.41) is 3.04. The van der Waals surface area contributed by atoms with Crippen molar-refractivity contribution in [2.24, 2.45) is 0 Å². The van der Waals surface area contributed by atoms with Gasteiger partial charge in [0.2, 0.25) is 0 Å². The van der Waals surface area contributed by atoms with Gasteiger partial charge in [-0.05, 0) is 55.8 Å². The van der Waals surface area contributed by atoms with Crippen molar-refractivity contribution < 1.29 is 8.78 Å². The van der Waals surface area contributed by atoms with Crippen LogP contribution in [0.1, 0.15) is 28.3 Å². The van der Waals surface area contributed by atoms with Crippen LogP contribution >= 0.6 is 0 Å². The summed E-state index contributed by atoms with van der Waals surface area (Å²) in [7, 11) is 1.74. The lowest BCUT2D eigenvalue weighted by Crippen LogP contribution is -2.19. The largest absolute Gasteiger partial charge is 0.309 e. The minimum atomic E-state index is -0.352. The monoisotopic (exact) mass is 261 g/mol. The van der Waals surface area contributed by atoms with E-state index in [-0.39, 0.29) is 17.7 Å². The van der Waals surface area contributed by atoms with Crippen LogP contribution in [0.15, 0.2) is 36.4 Å². The van der Waals surface area contributed by atoms with E-state index in [0.717, 1.165) is 16.7 Å². The molecular weight excluding hydrogens is 244 g/mol. The summed E-state index contributed by atoms with van der Waals surface area (Å²) in [4.78, 5) is 0. The molecule has 0 saturated heterocycles. The Balaban J connectivity index is 2.49. The highest BCUT2D eigenvalue weighted by atomic mass is 19.1. The van der Waals surface area contributed by atoms with Gasteiger partial charge in [0.1, 0.15) is 11.6 Å². The fourth-order valence-corrected chi connectivity index (χ4v) is 2.30. The molecular formula is C16H17F2N. The van der Waals surface area contributed by atoms with Crippen molar-refractivity contribution in [2.45, 2.75) is 19.9 Å². The second kappa shape index (κ2) is 5.49. The average molecular weight is 261 g/mol. The maximum atomic E-state index is 14.0. The third-order valence-corrected chi connectivity index (χ3v) is 3.15. The van der Waals surface area contributed by atoms with Gasteiger partial charge in [0, 0.05) is 5.56 Å². The van der Waals surface area contributed by atoms with Crippen molar-refractivity contribution in [3.05, 3.63) is 70.3 Å². The summed E-state index contributed by atoms with van der Waals surface area (Å²) in [6, 6.07) is 9.50. The van der Waals surface area contributed by atoms with Gasteiger partial charge in [-0.2, -0.15) is 0 Å². The number of aryl methyl sites for hydroxylation is 2. The molecule has 19 heavy (non-hydrogen) atoms. The fourth-order valence-electron chi connectivity index (χ4n) is 2.30. The van der Waals surface area contributed by atoms with E-state index >= 15 is 0 Å². The van der Waals surface area contributed by atoms with Crippen molar-refractivity contribution in [1.82, 2.24) is 5.32 Å². The molecule has 0 aromatic heterocycles. The molecule has 0 amide bonds. The molecule has 1 nitrogen and oxygen atoms in total. The molecule has 0 radical (unpaired) electrons. The molecule has 2 aromatic carbocycles. The quantitative estimate of drug-likeness (QED) is 0.883. The van der Waals surface area contributed by atoms with Crippen molar-refractivity contribution in [1.29, 1.82) is 0 Å². The van der Waals surface area contributed by atoms with Gasteiger partial charge < -0.3 is 5.32 Å². The highest BCUT2D eigenvalue weighted by molar-refractivity contribution is 5.36. The smallest absolute Gasteiger partial charge is 0.128 e. The Morgan fingerprint density at radius 1 is 0.947 bits per heavy atom. The van der Waals surface area contributed by atoms with Gasteiger partial charge in [-0.3, -0.25) is 0 Å². The summed E-state index contributed by atoms with van der Waals surface area (Å²) in [6.07, 6.45) is 0. The van der Waals surface area contributed by atoms with E-state index < -0.39 is 0 Å². The number of rotatable bonds is 3. The maximum Gasteiger partial charge on any atom is 0.128 e. The van der Waals surface area contributed by atoms with Gasteiger partial charge in [-0.1, -0.05) is 18.2 Å². The first kappa shape index (κ1) is 13.7. The SMILES string of the molecule is CNC(c1cc(C)cc(F)c1)c1ccc(C)cc1F. The van der Waals surface area contributed by atoms with Crippen LogP contribution in [0.5, 0.6) is 0 Å². The van der Waals surface area contributed by atoms with Crippen molar-refractivity contribution in [2.75, 3.05) is 7.05 Å². The molecule has 2 rings (SSSR count). The first-order chi connectivity index (χ1) is 9.01. The highest BCUT2D eigenvalue weighted by Gasteiger charge is 2.17. The third kappa shape index (κ3) is 2.99. The molecule has 0 aliphatic rings. The van der Waals surface area contributed by atoms with Gasteiger partial charge >= 0.3 is 0 Å². The Bertz CT molecular complexity index is 573. The van der Waals surface area contributed by atoms with Crippen LogP contribution in [-0.2, 0) is 0 Å². The van der Waals surface area contributed by atoms with Gasteiger partial charge in [-0.15, -0.1) is 0 Å². The van der Waals surface area contributed by atoms with Crippen LogP contribution < -0.4 is 5.32 Å². The lowest BCUT2D eigenvalue weighted by atomic mass is 9.96. The van der Waals surface area contributed by atoms with Crippen LogP contribution in [0, 0.1) is 25.5 Å². The van der Waals surface area contributed by atoms with Crippen molar-refractivity contribution >= 4 is 0 Å². The predicted molar refractivity (Wildman–Crippen MR) is 73.2 cm³/mol. The number of hydrogen-bond donors (Lipinski definition) is 1. The Morgan fingerprint density at radius 3 is 2.26 bits per heavy atom. The molecule has 0 saturated carbocycles. The maximum absolute atomic E-state index is 14.0. The highest BCUT2D eigenvalue weighted by Crippen LogP contribution is 2.26. The molecule has 0 spiro atoms. The van der Waals surface area contributed by atoms with Gasteiger partial charge in [0.15, 0.2) is 0 Å². The second-order valence-electron chi connectivity index (χ2n) is 4.81. The molecule has 0 aliphatic heterocycles. The molecule has 2 aromatic rings.